The first-order valence-electron chi connectivity index (χ1n) is 16.9. The Bertz CT molecular complexity index is 1580. The van der Waals surface area contributed by atoms with Gasteiger partial charge in [-0.2, -0.15) is 5.10 Å². The molecule has 2 aromatic heterocycles. The lowest BCUT2D eigenvalue weighted by Crippen LogP contribution is -2.34. The average molecular weight is 647 g/mol. The molecule has 1 unspecified atom stereocenters. The molecular formula is C39H55FN4O3. The zero-order valence-corrected chi connectivity index (χ0v) is 30.0. The Hall–Kier alpha value is -3.91. The van der Waals surface area contributed by atoms with Crippen molar-refractivity contribution >= 4 is 16.5 Å². The minimum atomic E-state index is -0.281. The van der Waals surface area contributed by atoms with Crippen molar-refractivity contribution in [2.75, 3.05) is 33.9 Å². The highest BCUT2D eigenvalue weighted by molar-refractivity contribution is 5.87. The maximum atomic E-state index is 13.7. The summed E-state index contributed by atoms with van der Waals surface area (Å²) < 4.78 is 32.7. The zero-order valence-electron chi connectivity index (χ0n) is 30.0. The van der Waals surface area contributed by atoms with E-state index in [2.05, 4.69) is 61.0 Å². The van der Waals surface area contributed by atoms with Crippen LogP contribution in [-0.2, 0) is 13.0 Å². The van der Waals surface area contributed by atoms with Crippen molar-refractivity contribution in [2.45, 2.75) is 80.7 Å². The molecule has 1 saturated heterocycles. The monoisotopic (exact) mass is 646 g/mol. The summed E-state index contributed by atoms with van der Waals surface area (Å²) in [6.45, 7) is 22.5. The number of hydrogen-bond donors (Lipinski definition) is 0. The van der Waals surface area contributed by atoms with Crippen LogP contribution in [-0.4, -0.2) is 53.5 Å². The lowest BCUT2D eigenvalue weighted by atomic mass is 9.98. The largest absolute Gasteiger partial charge is 0.496 e. The van der Waals surface area contributed by atoms with Crippen LogP contribution in [0.5, 0.6) is 23.0 Å². The Morgan fingerprint density at radius 3 is 2.43 bits per heavy atom. The molecule has 0 bridgehead atoms. The van der Waals surface area contributed by atoms with Crippen LogP contribution in [0.2, 0.25) is 0 Å². The molecule has 4 aromatic rings. The first-order chi connectivity index (χ1) is 22.5. The number of fused-ring (bicyclic) bond motifs is 1. The molecule has 1 fully saturated rings. The molecule has 0 spiro atoms. The number of nitrogens with zero attached hydrogens (tertiary/aromatic N) is 4. The predicted molar refractivity (Wildman–Crippen MR) is 192 cm³/mol. The topological polar surface area (TPSA) is 61.6 Å². The minimum absolute atomic E-state index is 0.281. The Morgan fingerprint density at radius 1 is 1.09 bits per heavy atom. The Morgan fingerprint density at radius 2 is 1.83 bits per heavy atom. The van der Waals surface area contributed by atoms with E-state index in [1.54, 1.807) is 38.4 Å². The smallest absolute Gasteiger partial charge is 0.164 e. The average Bonchev–Trinajstić information content (AvgIpc) is 3.45. The van der Waals surface area contributed by atoms with Crippen LogP contribution in [0.4, 0.5) is 4.39 Å². The zero-order chi connectivity index (χ0) is 34.5. The number of benzene rings is 2. The van der Waals surface area contributed by atoms with Gasteiger partial charge in [0.05, 0.1) is 25.4 Å². The fraction of sp³-hybridized carbons (Fsp3) is 0.487. The van der Waals surface area contributed by atoms with Gasteiger partial charge in [0.1, 0.15) is 28.8 Å². The Kier molecular flexibility index (Phi) is 14.7. The van der Waals surface area contributed by atoms with Gasteiger partial charge in [0.25, 0.3) is 0 Å². The van der Waals surface area contributed by atoms with E-state index in [-0.39, 0.29) is 5.82 Å². The number of allylic oxidation sites excluding steroid dienone is 1. The highest BCUT2D eigenvalue weighted by Crippen LogP contribution is 2.34. The number of hydrogen-bond acceptors (Lipinski definition) is 6. The second-order valence-corrected chi connectivity index (χ2v) is 12.7. The van der Waals surface area contributed by atoms with E-state index in [9.17, 15) is 4.39 Å². The summed E-state index contributed by atoms with van der Waals surface area (Å²) in [6.07, 6.45) is 8.20. The summed E-state index contributed by atoms with van der Waals surface area (Å²) in [6, 6.07) is 10.6. The van der Waals surface area contributed by atoms with E-state index in [1.807, 2.05) is 32.2 Å². The summed E-state index contributed by atoms with van der Waals surface area (Å²) in [4.78, 5) is 6.77. The summed E-state index contributed by atoms with van der Waals surface area (Å²) >= 11 is 0. The SMILES string of the molecule is C=C(C)c1c(OCC)cnn1CC1CCCN(C)C1.CCC(C)C.CCc1cc2c(Oc3ccc(C)c(F)c3)ccnc2cc1OC. The number of likely N-dealkylation sites (tertiary alicyclic amines) is 1. The molecule has 0 radical (unpaired) electrons. The normalized spacial score (nSPS) is 14.6. The molecular weight excluding hydrogens is 591 g/mol. The van der Waals surface area contributed by atoms with Crippen LogP contribution in [0.3, 0.4) is 0 Å². The maximum absolute atomic E-state index is 13.7. The van der Waals surface area contributed by atoms with Crippen LogP contribution in [0.1, 0.15) is 77.6 Å². The number of methoxy groups -OCH3 is 1. The molecule has 0 N–H and O–H groups in total. The number of piperidine rings is 1. The molecule has 1 aliphatic rings. The van der Waals surface area contributed by atoms with Crippen molar-refractivity contribution < 1.29 is 18.6 Å². The third kappa shape index (κ3) is 10.8. The van der Waals surface area contributed by atoms with Gasteiger partial charge in [-0.05, 0) is 100 Å². The van der Waals surface area contributed by atoms with E-state index >= 15 is 0 Å². The van der Waals surface area contributed by atoms with Gasteiger partial charge in [0.15, 0.2) is 5.75 Å². The molecule has 0 aliphatic carbocycles. The fourth-order valence-electron chi connectivity index (χ4n) is 5.38. The third-order valence-electron chi connectivity index (χ3n) is 8.34. The van der Waals surface area contributed by atoms with Crippen LogP contribution < -0.4 is 14.2 Å². The fourth-order valence-corrected chi connectivity index (χ4v) is 5.38. The van der Waals surface area contributed by atoms with Crippen LogP contribution in [0.15, 0.2) is 55.4 Å². The number of rotatable bonds is 10. The number of ether oxygens (including phenoxy) is 3. The van der Waals surface area contributed by atoms with Crippen molar-refractivity contribution in [3.8, 4) is 23.0 Å². The lowest BCUT2D eigenvalue weighted by Gasteiger charge is -2.29. The lowest BCUT2D eigenvalue weighted by molar-refractivity contribution is 0.190. The molecule has 0 amide bonds. The predicted octanol–water partition coefficient (Wildman–Crippen LogP) is 9.75. The standard InChI is InChI=1S/C19H18FNO2.C15H25N3O.C5H12/c1-4-13-9-15-17(11-19(13)22-3)21-8-7-18(15)23-14-6-5-12(2)16(20)10-14;1-5-19-14-9-16-18(15(14)12(2)3)11-13-7-6-8-17(4)10-13;1-4-5(2)3/h5-11H,4H2,1-3H3;9,13H,2,5-8,10-11H2,1,3-4H3;5H,4H2,1-3H3. The van der Waals surface area contributed by atoms with Crippen molar-refractivity contribution in [3.63, 3.8) is 0 Å². The maximum Gasteiger partial charge on any atom is 0.164 e. The van der Waals surface area contributed by atoms with Crippen LogP contribution in [0, 0.1) is 24.6 Å². The van der Waals surface area contributed by atoms with Gasteiger partial charge < -0.3 is 19.1 Å². The second kappa shape index (κ2) is 18.4. The summed E-state index contributed by atoms with van der Waals surface area (Å²) in [5, 5.41) is 5.37. The van der Waals surface area contributed by atoms with Crippen LogP contribution in [0.25, 0.3) is 16.5 Å². The third-order valence-corrected chi connectivity index (χ3v) is 8.34. The van der Waals surface area contributed by atoms with Gasteiger partial charge in [0, 0.05) is 36.8 Å². The van der Waals surface area contributed by atoms with Gasteiger partial charge in [-0.25, -0.2) is 4.39 Å². The highest BCUT2D eigenvalue weighted by atomic mass is 19.1. The van der Waals surface area contributed by atoms with Gasteiger partial charge >= 0.3 is 0 Å². The number of pyridine rings is 1. The Labute approximate surface area is 281 Å². The molecule has 5 rings (SSSR count). The van der Waals surface area contributed by atoms with Crippen molar-refractivity contribution in [1.82, 2.24) is 19.7 Å². The molecule has 1 atom stereocenters. The molecule has 1 aliphatic heterocycles. The highest BCUT2D eigenvalue weighted by Gasteiger charge is 2.21. The summed E-state index contributed by atoms with van der Waals surface area (Å²) in [5.41, 5.74) is 4.52. The second-order valence-electron chi connectivity index (χ2n) is 12.7. The van der Waals surface area contributed by atoms with E-state index in [0.717, 1.165) is 64.7 Å². The van der Waals surface area contributed by atoms with E-state index in [0.29, 0.717) is 29.6 Å². The molecule has 0 saturated carbocycles. The van der Waals surface area contributed by atoms with Crippen molar-refractivity contribution in [3.05, 3.63) is 78.0 Å². The molecule has 8 heteroatoms. The van der Waals surface area contributed by atoms with Gasteiger partial charge in [-0.15, -0.1) is 0 Å². The van der Waals surface area contributed by atoms with Crippen LogP contribution >= 0.6 is 0 Å². The van der Waals surface area contributed by atoms with E-state index in [1.165, 1.54) is 31.9 Å². The molecule has 256 valence electrons. The van der Waals surface area contributed by atoms with Crippen molar-refractivity contribution in [1.29, 1.82) is 0 Å². The molecule has 2 aromatic carbocycles. The quantitative estimate of drug-likeness (QED) is 0.171. The Balaban J connectivity index is 0.000000227. The number of aryl methyl sites for hydroxylation is 2. The summed E-state index contributed by atoms with van der Waals surface area (Å²) in [5.74, 6) is 4.06. The van der Waals surface area contributed by atoms with Crippen molar-refractivity contribution in [2.24, 2.45) is 11.8 Å². The minimum Gasteiger partial charge on any atom is -0.496 e. The van der Waals surface area contributed by atoms with E-state index < -0.39 is 0 Å². The van der Waals surface area contributed by atoms with Gasteiger partial charge in [0.2, 0.25) is 0 Å². The summed E-state index contributed by atoms with van der Waals surface area (Å²) in [7, 11) is 3.84. The van der Waals surface area contributed by atoms with E-state index in [4.69, 9.17) is 14.2 Å². The molecule has 47 heavy (non-hydrogen) atoms. The molecule has 3 heterocycles. The van der Waals surface area contributed by atoms with Gasteiger partial charge in [-0.3, -0.25) is 9.67 Å². The molecule has 7 nitrogen and oxygen atoms in total. The first kappa shape index (κ1) is 37.5. The number of halogens is 1. The first-order valence-corrected chi connectivity index (χ1v) is 16.9. The van der Waals surface area contributed by atoms with Gasteiger partial charge in [-0.1, -0.05) is 46.8 Å². The number of aromatic nitrogens is 3.